The van der Waals surface area contributed by atoms with Gasteiger partial charge in [0.25, 0.3) is 5.91 Å². The van der Waals surface area contributed by atoms with Crippen LogP contribution in [0.5, 0.6) is 0 Å². The molecule has 1 atom stereocenters. The van der Waals surface area contributed by atoms with Gasteiger partial charge in [0.05, 0.1) is 11.9 Å². The van der Waals surface area contributed by atoms with Crippen molar-refractivity contribution in [1.82, 2.24) is 24.3 Å². The summed E-state index contributed by atoms with van der Waals surface area (Å²) >= 11 is 0. The lowest BCUT2D eigenvalue weighted by Crippen LogP contribution is -2.49. The zero-order valence-electron chi connectivity index (χ0n) is 16.7. The molecule has 1 amide bonds. The Kier molecular flexibility index (Phi) is 5.05. The summed E-state index contributed by atoms with van der Waals surface area (Å²) in [5.41, 5.74) is 2.47. The molecule has 1 saturated carbocycles. The second-order valence-corrected chi connectivity index (χ2v) is 8.81. The molecule has 150 valence electrons. The maximum absolute atomic E-state index is 13.3. The molecule has 5 rings (SSSR count). The number of pyridine rings is 1. The number of hydrogen-bond donors (Lipinski definition) is 0. The molecule has 4 heterocycles. The van der Waals surface area contributed by atoms with E-state index in [-0.39, 0.29) is 5.91 Å². The van der Waals surface area contributed by atoms with E-state index in [1.54, 1.807) is 6.20 Å². The minimum absolute atomic E-state index is 0.133. The number of hydrogen-bond acceptors (Lipinski definition) is 4. The number of carbonyl (C=O) groups is 1. The molecule has 6 heteroatoms. The van der Waals surface area contributed by atoms with Crippen molar-refractivity contribution in [3.63, 3.8) is 0 Å². The average molecular weight is 382 g/mol. The van der Waals surface area contributed by atoms with E-state index in [0.29, 0.717) is 17.6 Å². The first-order valence-corrected chi connectivity index (χ1v) is 11.2. The fourth-order valence-corrected chi connectivity index (χ4v) is 5.37. The first-order valence-electron chi connectivity index (χ1n) is 11.2. The topological polar surface area (TPSA) is 54.3 Å². The van der Waals surface area contributed by atoms with Crippen molar-refractivity contribution in [2.24, 2.45) is 0 Å². The summed E-state index contributed by atoms with van der Waals surface area (Å²) in [6.07, 6.45) is 14.7. The molecule has 2 aliphatic heterocycles. The van der Waals surface area contributed by atoms with Gasteiger partial charge in [0, 0.05) is 31.4 Å². The summed E-state index contributed by atoms with van der Waals surface area (Å²) < 4.78 is 2.22. The molecule has 2 aromatic heterocycles. The highest BCUT2D eigenvalue weighted by atomic mass is 16.2. The summed E-state index contributed by atoms with van der Waals surface area (Å²) in [6.45, 7) is 4.26. The number of imidazole rings is 1. The van der Waals surface area contributed by atoms with Gasteiger partial charge >= 0.3 is 0 Å². The molecule has 0 spiro atoms. The predicted octanol–water partition coefficient (Wildman–Crippen LogP) is 3.64. The van der Waals surface area contributed by atoms with E-state index < -0.39 is 0 Å². The van der Waals surface area contributed by atoms with Crippen molar-refractivity contribution < 1.29 is 4.79 Å². The van der Waals surface area contributed by atoms with Gasteiger partial charge in [-0.1, -0.05) is 12.8 Å². The van der Waals surface area contributed by atoms with Crippen LogP contribution in [0.25, 0.3) is 11.2 Å². The Morgan fingerprint density at radius 1 is 0.964 bits per heavy atom. The monoisotopic (exact) mass is 381 g/mol. The first kappa shape index (κ1) is 18.1. The third kappa shape index (κ3) is 3.43. The van der Waals surface area contributed by atoms with Gasteiger partial charge in [-0.2, -0.15) is 0 Å². The third-order valence-electron chi connectivity index (χ3n) is 6.93. The van der Waals surface area contributed by atoms with Crippen LogP contribution in [-0.4, -0.2) is 62.5 Å². The van der Waals surface area contributed by atoms with Gasteiger partial charge in [-0.25, -0.2) is 9.97 Å². The lowest BCUT2D eigenvalue weighted by molar-refractivity contribution is 0.0560. The van der Waals surface area contributed by atoms with Crippen molar-refractivity contribution in [2.75, 3.05) is 26.2 Å². The van der Waals surface area contributed by atoms with Crippen LogP contribution in [0.1, 0.15) is 74.2 Å². The summed E-state index contributed by atoms with van der Waals surface area (Å²) in [4.78, 5) is 27.2. The highest BCUT2D eigenvalue weighted by molar-refractivity contribution is 5.96. The average Bonchev–Trinajstić information content (AvgIpc) is 3.48. The first-order chi connectivity index (χ1) is 13.8. The second-order valence-electron chi connectivity index (χ2n) is 8.81. The zero-order valence-corrected chi connectivity index (χ0v) is 16.7. The molecule has 3 aliphatic rings. The molecule has 28 heavy (non-hydrogen) atoms. The van der Waals surface area contributed by atoms with Crippen molar-refractivity contribution in [1.29, 1.82) is 0 Å². The molecule has 0 bridgehead atoms. The molecule has 0 aromatic carbocycles. The molecule has 6 nitrogen and oxygen atoms in total. The van der Waals surface area contributed by atoms with E-state index in [0.717, 1.165) is 37.1 Å². The Morgan fingerprint density at radius 2 is 1.71 bits per heavy atom. The maximum Gasteiger partial charge on any atom is 0.255 e. The van der Waals surface area contributed by atoms with Gasteiger partial charge in [0.1, 0.15) is 5.52 Å². The van der Waals surface area contributed by atoms with Crippen LogP contribution in [0.3, 0.4) is 0 Å². The smallest absolute Gasteiger partial charge is 0.255 e. The Balaban J connectivity index is 1.36. The third-order valence-corrected chi connectivity index (χ3v) is 6.93. The van der Waals surface area contributed by atoms with Crippen molar-refractivity contribution in [2.45, 2.75) is 69.9 Å². The van der Waals surface area contributed by atoms with E-state index >= 15 is 0 Å². The SMILES string of the molecule is O=C(c1cnc2c(c1)ncn2C1CCCC1)N1CCCCC1CN1CCCC1. The molecule has 2 aromatic rings. The second kappa shape index (κ2) is 7.82. The summed E-state index contributed by atoms with van der Waals surface area (Å²) in [6, 6.07) is 2.81. The number of amides is 1. The van der Waals surface area contributed by atoms with Gasteiger partial charge in [-0.05, 0) is 64.1 Å². The minimum Gasteiger partial charge on any atom is -0.334 e. The van der Waals surface area contributed by atoms with Crippen molar-refractivity contribution >= 4 is 17.1 Å². The normalized spacial score (nSPS) is 24.4. The molecule has 2 saturated heterocycles. The summed E-state index contributed by atoms with van der Waals surface area (Å²) in [5, 5.41) is 0. The fraction of sp³-hybridized carbons (Fsp3) is 0.682. The number of piperidine rings is 1. The Hall–Kier alpha value is -1.95. The minimum atomic E-state index is 0.133. The van der Waals surface area contributed by atoms with Crippen LogP contribution < -0.4 is 0 Å². The molecule has 0 radical (unpaired) electrons. The van der Waals surface area contributed by atoms with E-state index in [2.05, 4.69) is 24.3 Å². The highest BCUT2D eigenvalue weighted by Crippen LogP contribution is 2.31. The standard InChI is InChI=1S/C22H31N5O/c28-22(26-12-4-3-9-19(26)15-25-10-5-6-11-25)17-13-20-21(23-14-17)27(16-24-20)18-7-1-2-8-18/h13-14,16,18-19H,1-12,15H2. The molecular formula is C22H31N5O. The zero-order chi connectivity index (χ0) is 18.9. The number of carbonyl (C=O) groups excluding carboxylic acids is 1. The Bertz CT molecular complexity index is 835. The number of fused-ring (bicyclic) bond motifs is 1. The van der Waals surface area contributed by atoms with Gasteiger partial charge < -0.3 is 14.4 Å². The van der Waals surface area contributed by atoms with Gasteiger partial charge in [-0.3, -0.25) is 4.79 Å². The molecule has 3 fully saturated rings. The lowest BCUT2D eigenvalue weighted by atomic mass is 10.0. The van der Waals surface area contributed by atoms with E-state index in [1.165, 1.54) is 58.0 Å². The Morgan fingerprint density at radius 3 is 2.54 bits per heavy atom. The van der Waals surface area contributed by atoms with Crippen LogP contribution in [0.15, 0.2) is 18.6 Å². The number of rotatable bonds is 4. The van der Waals surface area contributed by atoms with Crippen LogP contribution in [-0.2, 0) is 0 Å². The Labute approximate surface area is 166 Å². The van der Waals surface area contributed by atoms with E-state index in [1.807, 2.05) is 12.4 Å². The van der Waals surface area contributed by atoms with E-state index in [9.17, 15) is 4.79 Å². The van der Waals surface area contributed by atoms with E-state index in [4.69, 9.17) is 0 Å². The molecule has 1 aliphatic carbocycles. The van der Waals surface area contributed by atoms with Gasteiger partial charge in [0.15, 0.2) is 5.65 Å². The highest BCUT2D eigenvalue weighted by Gasteiger charge is 2.30. The van der Waals surface area contributed by atoms with Crippen LogP contribution >= 0.6 is 0 Å². The number of aromatic nitrogens is 3. The van der Waals surface area contributed by atoms with Crippen LogP contribution in [0, 0.1) is 0 Å². The van der Waals surface area contributed by atoms with Gasteiger partial charge in [-0.15, -0.1) is 0 Å². The summed E-state index contributed by atoms with van der Waals surface area (Å²) in [7, 11) is 0. The molecule has 1 unspecified atom stereocenters. The van der Waals surface area contributed by atoms with Crippen LogP contribution in [0.2, 0.25) is 0 Å². The number of likely N-dealkylation sites (tertiary alicyclic amines) is 2. The van der Waals surface area contributed by atoms with Crippen molar-refractivity contribution in [3.05, 3.63) is 24.2 Å². The van der Waals surface area contributed by atoms with Crippen LogP contribution in [0.4, 0.5) is 0 Å². The maximum atomic E-state index is 13.3. The van der Waals surface area contributed by atoms with Gasteiger partial charge in [0.2, 0.25) is 0 Å². The molecule has 0 N–H and O–H groups in total. The molecular weight excluding hydrogens is 350 g/mol. The lowest BCUT2D eigenvalue weighted by Gasteiger charge is -2.38. The fourth-order valence-electron chi connectivity index (χ4n) is 5.37. The van der Waals surface area contributed by atoms with Crippen molar-refractivity contribution in [3.8, 4) is 0 Å². The quantitative estimate of drug-likeness (QED) is 0.811. The summed E-state index contributed by atoms with van der Waals surface area (Å²) in [5.74, 6) is 0.133. The predicted molar refractivity (Wildman–Crippen MR) is 109 cm³/mol. The largest absolute Gasteiger partial charge is 0.334 e. The number of nitrogens with zero attached hydrogens (tertiary/aromatic N) is 5.